The van der Waals surface area contributed by atoms with Crippen molar-refractivity contribution in [3.05, 3.63) is 149 Å². The van der Waals surface area contributed by atoms with E-state index in [0.29, 0.717) is 38.7 Å². The zero-order valence-corrected chi connectivity index (χ0v) is 25.2. The van der Waals surface area contributed by atoms with Gasteiger partial charge in [0.2, 0.25) is 0 Å². The van der Waals surface area contributed by atoms with E-state index in [0.717, 1.165) is 11.1 Å². The number of furan rings is 1. The van der Waals surface area contributed by atoms with Crippen LogP contribution in [0.2, 0.25) is 0 Å². The van der Waals surface area contributed by atoms with Crippen molar-refractivity contribution in [1.29, 1.82) is 0 Å². The van der Waals surface area contributed by atoms with Crippen LogP contribution in [0, 0.1) is 10.1 Å². The summed E-state index contributed by atoms with van der Waals surface area (Å²) in [6.07, 6.45) is 1.76. The van der Waals surface area contributed by atoms with Gasteiger partial charge < -0.3 is 13.9 Å². The number of esters is 1. The molecule has 2 aromatic heterocycles. The normalized spacial score (nSPS) is 14.5. The minimum atomic E-state index is -0.963. The Kier molecular flexibility index (Phi) is 8.26. The number of hydrogen-bond acceptors (Lipinski definition) is 9. The van der Waals surface area contributed by atoms with Gasteiger partial charge in [0.25, 0.3) is 11.2 Å². The molecule has 0 N–H and O–H groups in total. The first-order valence-electron chi connectivity index (χ1n) is 14.1. The number of carbonyl (C=O) groups excluding carboxylic acids is 1. The van der Waals surface area contributed by atoms with Gasteiger partial charge in [-0.25, -0.2) is 9.79 Å². The Bertz CT molecular complexity index is 2130. The van der Waals surface area contributed by atoms with Crippen LogP contribution < -0.4 is 19.6 Å². The molecule has 1 aliphatic heterocycles. The predicted octanol–water partition coefficient (Wildman–Crippen LogP) is 5.55. The van der Waals surface area contributed by atoms with Crippen molar-refractivity contribution in [3.8, 4) is 17.1 Å². The molecule has 1 aliphatic rings. The molecule has 1 atom stereocenters. The second kappa shape index (κ2) is 12.6. The molecule has 226 valence electrons. The molecule has 0 fully saturated rings. The average molecular weight is 622 g/mol. The lowest BCUT2D eigenvalue weighted by atomic mass is 10.0. The van der Waals surface area contributed by atoms with Crippen LogP contribution in [0.3, 0.4) is 0 Å². The molecule has 0 radical (unpaired) electrons. The maximum absolute atomic E-state index is 14.0. The van der Waals surface area contributed by atoms with E-state index >= 15 is 0 Å². The molecule has 0 bridgehead atoms. The Balaban J connectivity index is 1.40. The molecule has 6 rings (SSSR count). The van der Waals surface area contributed by atoms with Gasteiger partial charge in [0.1, 0.15) is 29.9 Å². The lowest BCUT2D eigenvalue weighted by Gasteiger charge is -2.22. The summed E-state index contributed by atoms with van der Waals surface area (Å²) in [7, 11) is 0. The molecule has 45 heavy (non-hydrogen) atoms. The molecule has 0 aliphatic carbocycles. The third-order valence-corrected chi connectivity index (χ3v) is 8.14. The number of nitro groups is 1. The summed E-state index contributed by atoms with van der Waals surface area (Å²) < 4.78 is 19.3. The van der Waals surface area contributed by atoms with Gasteiger partial charge in [-0.2, -0.15) is 0 Å². The van der Waals surface area contributed by atoms with E-state index in [1.807, 2.05) is 54.6 Å². The van der Waals surface area contributed by atoms with E-state index < -0.39 is 16.9 Å². The number of nitrogens with zero attached hydrogens (tertiary/aromatic N) is 3. The lowest BCUT2D eigenvalue weighted by molar-refractivity contribution is -0.384. The summed E-state index contributed by atoms with van der Waals surface area (Å²) in [6, 6.07) is 25.6. The molecule has 3 heterocycles. The zero-order valence-electron chi connectivity index (χ0n) is 24.3. The second-order valence-electron chi connectivity index (χ2n) is 10.2. The highest BCUT2D eigenvalue weighted by atomic mass is 32.1. The maximum Gasteiger partial charge on any atom is 0.338 e. The number of aromatic nitrogens is 1. The molecule has 0 saturated carbocycles. The van der Waals surface area contributed by atoms with Crippen LogP contribution in [0.5, 0.6) is 5.75 Å². The number of rotatable bonds is 9. The minimum absolute atomic E-state index is 0.0871. The van der Waals surface area contributed by atoms with Crippen LogP contribution in [0.4, 0.5) is 5.69 Å². The molecular weight excluding hydrogens is 594 g/mol. The van der Waals surface area contributed by atoms with Gasteiger partial charge in [-0.1, -0.05) is 65.9 Å². The third-order valence-electron chi connectivity index (χ3n) is 7.16. The monoisotopic (exact) mass is 621 g/mol. The summed E-state index contributed by atoms with van der Waals surface area (Å²) >= 11 is 1.19. The van der Waals surface area contributed by atoms with Crippen molar-refractivity contribution < 1.29 is 23.6 Å². The molecular formula is C34H27N3O7S. The van der Waals surface area contributed by atoms with E-state index in [9.17, 15) is 19.7 Å². The van der Waals surface area contributed by atoms with Crippen LogP contribution in [0.25, 0.3) is 17.4 Å². The summed E-state index contributed by atoms with van der Waals surface area (Å²) in [5.74, 6) is 0.677. The Morgan fingerprint density at radius 1 is 1.07 bits per heavy atom. The van der Waals surface area contributed by atoms with Crippen LogP contribution >= 0.6 is 11.3 Å². The fraction of sp³-hybridized carbons (Fsp3) is 0.147. The van der Waals surface area contributed by atoms with Gasteiger partial charge in [0.05, 0.1) is 27.3 Å². The number of hydrogen-bond donors (Lipinski definition) is 0. The maximum atomic E-state index is 14.0. The van der Waals surface area contributed by atoms with Crippen LogP contribution in [-0.4, -0.2) is 22.1 Å². The Morgan fingerprint density at radius 3 is 2.64 bits per heavy atom. The summed E-state index contributed by atoms with van der Waals surface area (Å²) in [6.45, 7) is 3.92. The first kappa shape index (κ1) is 29.5. The molecule has 11 heteroatoms. The van der Waals surface area contributed by atoms with E-state index in [-0.39, 0.29) is 29.2 Å². The van der Waals surface area contributed by atoms with Crippen molar-refractivity contribution in [2.24, 2.45) is 4.99 Å². The van der Waals surface area contributed by atoms with Crippen molar-refractivity contribution >= 4 is 29.1 Å². The zero-order chi connectivity index (χ0) is 31.5. The summed E-state index contributed by atoms with van der Waals surface area (Å²) in [5.41, 5.74) is 2.40. The first-order chi connectivity index (χ1) is 21.8. The van der Waals surface area contributed by atoms with Crippen molar-refractivity contribution in [2.45, 2.75) is 26.5 Å². The highest BCUT2D eigenvalue weighted by Crippen LogP contribution is 2.35. The quantitative estimate of drug-likeness (QED) is 0.120. The van der Waals surface area contributed by atoms with Gasteiger partial charge >= 0.3 is 5.97 Å². The SMILES string of the molecule is CCOC(=O)C1=C(C)N=c2s/c(=C\c3cccc(OCc4ccccc4)c3)c(=O)n2[C@H]1c1ccc(-c2cccc([N+](=O)[O-])c2)o1. The van der Waals surface area contributed by atoms with Gasteiger partial charge in [0, 0.05) is 17.7 Å². The first-order valence-corrected chi connectivity index (χ1v) is 14.9. The van der Waals surface area contributed by atoms with E-state index in [2.05, 4.69) is 4.99 Å². The van der Waals surface area contributed by atoms with Crippen LogP contribution in [0.1, 0.15) is 36.8 Å². The topological polar surface area (TPSA) is 126 Å². The molecule has 0 unspecified atom stereocenters. The van der Waals surface area contributed by atoms with Crippen molar-refractivity contribution in [1.82, 2.24) is 4.57 Å². The van der Waals surface area contributed by atoms with Gasteiger partial charge in [-0.15, -0.1) is 0 Å². The molecule has 0 amide bonds. The van der Waals surface area contributed by atoms with Gasteiger partial charge in [-0.05, 0) is 55.3 Å². The number of benzene rings is 3. The Morgan fingerprint density at radius 2 is 1.87 bits per heavy atom. The summed E-state index contributed by atoms with van der Waals surface area (Å²) in [5, 5.41) is 11.3. The lowest BCUT2D eigenvalue weighted by Crippen LogP contribution is -2.39. The number of ether oxygens (including phenoxy) is 2. The molecule has 5 aromatic rings. The number of fused-ring (bicyclic) bond motifs is 1. The Hall–Kier alpha value is -5.55. The average Bonchev–Trinajstić information content (AvgIpc) is 3.65. The smallest absolute Gasteiger partial charge is 0.338 e. The highest BCUT2D eigenvalue weighted by Gasteiger charge is 2.35. The largest absolute Gasteiger partial charge is 0.489 e. The third kappa shape index (κ3) is 6.11. The fourth-order valence-electron chi connectivity index (χ4n) is 5.07. The van der Waals surface area contributed by atoms with Crippen LogP contribution in [-0.2, 0) is 16.1 Å². The molecule has 3 aromatic carbocycles. The van der Waals surface area contributed by atoms with E-state index in [4.69, 9.17) is 13.9 Å². The van der Waals surface area contributed by atoms with Gasteiger partial charge in [0.15, 0.2) is 4.80 Å². The van der Waals surface area contributed by atoms with E-state index in [1.165, 1.54) is 28.0 Å². The standard InChI is InChI=1S/C34H27N3O7S/c1-3-42-33(39)30-21(2)35-34-36(31(30)28-16-15-27(44-28)24-12-8-13-25(19-24)37(40)41)32(38)29(45-34)18-23-11-7-14-26(17-23)43-20-22-9-5-4-6-10-22/h4-19,31H,3,20H2,1-2H3/b29-18-/t31-/m0/s1. The summed E-state index contributed by atoms with van der Waals surface area (Å²) in [4.78, 5) is 43.1. The second-order valence-corrected chi connectivity index (χ2v) is 11.2. The number of nitro benzene ring substituents is 1. The number of carbonyl (C=O) groups is 1. The highest BCUT2D eigenvalue weighted by molar-refractivity contribution is 7.07. The van der Waals surface area contributed by atoms with Crippen LogP contribution in [0.15, 0.2) is 116 Å². The Labute approximate surface area is 261 Å². The number of non-ortho nitro benzene ring substituents is 1. The predicted molar refractivity (Wildman–Crippen MR) is 168 cm³/mol. The molecule has 0 spiro atoms. The van der Waals surface area contributed by atoms with E-state index in [1.54, 1.807) is 44.2 Å². The number of allylic oxidation sites excluding steroid dienone is 1. The molecule has 0 saturated heterocycles. The molecule has 10 nitrogen and oxygen atoms in total. The van der Waals surface area contributed by atoms with Gasteiger partial charge in [-0.3, -0.25) is 19.5 Å². The fourth-order valence-corrected chi connectivity index (χ4v) is 6.12. The number of thiazole rings is 1. The van der Waals surface area contributed by atoms with Crippen molar-refractivity contribution in [2.75, 3.05) is 6.61 Å². The minimum Gasteiger partial charge on any atom is -0.489 e. The van der Waals surface area contributed by atoms with Crippen molar-refractivity contribution in [3.63, 3.8) is 0 Å².